The van der Waals surface area contributed by atoms with Gasteiger partial charge in [-0.25, -0.2) is 9.59 Å². The third-order valence-electron chi connectivity index (χ3n) is 1.12. The van der Waals surface area contributed by atoms with E-state index in [2.05, 4.69) is 4.74 Å². The number of rotatable bonds is 4. The fraction of sp³-hybridized carbons (Fsp3) is 0.714. The van der Waals surface area contributed by atoms with Gasteiger partial charge >= 0.3 is 12.1 Å². The van der Waals surface area contributed by atoms with E-state index < -0.39 is 24.7 Å². The average molecular weight is 191 g/mol. The lowest BCUT2D eigenvalue weighted by Crippen LogP contribution is -2.44. The molecule has 6 heteroatoms. The molecule has 1 amide bonds. The number of ether oxygens (including phenoxy) is 1. The first-order chi connectivity index (χ1) is 5.97. The number of carboxylic acid groups (broad SMARTS) is 1. The number of hydrogen-bond donors (Lipinski definition) is 3. The van der Waals surface area contributed by atoms with Gasteiger partial charge in [0, 0.05) is 0 Å². The highest BCUT2D eigenvalue weighted by atomic mass is 16.6. The molecule has 1 atom stereocenters. The minimum absolute atomic E-state index is 0.326. The number of nitrogens with one attached hydrogen (secondary N) is 1. The largest absolute Gasteiger partial charge is 0.480 e. The molecule has 0 aromatic heterocycles. The van der Waals surface area contributed by atoms with E-state index in [4.69, 9.17) is 10.2 Å². The number of hydrogen-bond acceptors (Lipinski definition) is 4. The third-order valence-corrected chi connectivity index (χ3v) is 1.12. The molecule has 0 heterocycles. The van der Waals surface area contributed by atoms with E-state index in [0.717, 1.165) is 0 Å². The predicted molar refractivity (Wildman–Crippen MR) is 43.3 cm³/mol. The molecule has 0 radical (unpaired) electrons. The van der Waals surface area contributed by atoms with Crippen molar-refractivity contribution in [1.29, 1.82) is 0 Å². The lowest BCUT2D eigenvalue weighted by atomic mass is 10.3. The summed E-state index contributed by atoms with van der Waals surface area (Å²) in [6.07, 6.45) is -1.18. The summed E-state index contributed by atoms with van der Waals surface area (Å²) in [5.41, 5.74) is 0. The van der Waals surface area contributed by atoms with E-state index in [0.29, 0.717) is 0 Å². The maximum Gasteiger partial charge on any atom is 0.408 e. The second-order valence-electron chi connectivity index (χ2n) is 2.67. The lowest BCUT2D eigenvalue weighted by Gasteiger charge is -2.13. The monoisotopic (exact) mass is 191 g/mol. The Morgan fingerprint density at radius 2 is 2.00 bits per heavy atom. The summed E-state index contributed by atoms with van der Waals surface area (Å²) in [5, 5.41) is 18.9. The van der Waals surface area contributed by atoms with Gasteiger partial charge in [0.05, 0.1) is 12.7 Å². The quantitative estimate of drug-likeness (QED) is 0.560. The van der Waals surface area contributed by atoms with Gasteiger partial charge < -0.3 is 20.3 Å². The van der Waals surface area contributed by atoms with Gasteiger partial charge in [0.15, 0.2) is 6.04 Å². The van der Waals surface area contributed by atoms with Gasteiger partial charge in [-0.2, -0.15) is 0 Å². The van der Waals surface area contributed by atoms with Gasteiger partial charge in [-0.3, -0.25) is 0 Å². The SMILES string of the molecule is CC(C)OC(=O)N[C@H](CO)C(=O)O. The van der Waals surface area contributed by atoms with Crippen LogP contribution < -0.4 is 5.32 Å². The topological polar surface area (TPSA) is 95.9 Å². The van der Waals surface area contributed by atoms with E-state index in [9.17, 15) is 9.59 Å². The molecule has 6 nitrogen and oxygen atoms in total. The van der Waals surface area contributed by atoms with E-state index in [-0.39, 0.29) is 6.10 Å². The first-order valence-electron chi connectivity index (χ1n) is 3.78. The van der Waals surface area contributed by atoms with E-state index in [1.807, 2.05) is 5.32 Å². The van der Waals surface area contributed by atoms with Crippen molar-refractivity contribution in [2.24, 2.45) is 0 Å². The highest BCUT2D eigenvalue weighted by Gasteiger charge is 2.19. The highest BCUT2D eigenvalue weighted by Crippen LogP contribution is 1.90. The van der Waals surface area contributed by atoms with Crippen molar-refractivity contribution in [3.63, 3.8) is 0 Å². The molecular weight excluding hydrogens is 178 g/mol. The number of aliphatic hydroxyl groups excluding tert-OH is 1. The van der Waals surface area contributed by atoms with Crippen LogP contribution in [-0.2, 0) is 9.53 Å². The number of carboxylic acids is 1. The van der Waals surface area contributed by atoms with Gasteiger partial charge in [-0.15, -0.1) is 0 Å². The molecule has 0 aliphatic carbocycles. The summed E-state index contributed by atoms with van der Waals surface area (Å²) in [5.74, 6) is -1.30. The molecule has 13 heavy (non-hydrogen) atoms. The first kappa shape index (κ1) is 11.7. The highest BCUT2D eigenvalue weighted by molar-refractivity contribution is 5.79. The van der Waals surface area contributed by atoms with Crippen LogP contribution >= 0.6 is 0 Å². The van der Waals surface area contributed by atoms with Crippen LogP contribution in [0.3, 0.4) is 0 Å². The van der Waals surface area contributed by atoms with Crippen molar-refractivity contribution in [3.05, 3.63) is 0 Å². The maximum absolute atomic E-state index is 10.8. The van der Waals surface area contributed by atoms with Gasteiger partial charge in [-0.05, 0) is 13.8 Å². The summed E-state index contributed by atoms with van der Waals surface area (Å²) >= 11 is 0. The van der Waals surface area contributed by atoms with Crippen molar-refractivity contribution in [2.75, 3.05) is 6.61 Å². The molecule has 0 fully saturated rings. The summed E-state index contributed by atoms with van der Waals surface area (Å²) < 4.78 is 4.61. The first-order valence-corrected chi connectivity index (χ1v) is 3.78. The van der Waals surface area contributed by atoms with Crippen molar-refractivity contribution >= 4 is 12.1 Å². The number of aliphatic hydroxyl groups is 1. The van der Waals surface area contributed by atoms with Crippen molar-refractivity contribution < 1.29 is 24.5 Å². The van der Waals surface area contributed by atoms with Gasteiger partial charge in [0.1, 0.15) is 0 Å². The molecule has 0 bridgehead atoms. The predicted octanol–water partition coefficient (Wildman–Crippen LogP) is -0.434. The Morgan fingerprint density at radius 3 is 2.31 bits per heavy atom. The Kier molecular flexibility index (Phi) is 4.83. The Balaban J connectivity index is 3.94. The normalized spacial score (nSPS) is 12.3. The molecule has 0 unspecified atom stereocenters. The smallest absolute Gasteiger partial charge is 0.408 e. The molecule has 0 saturated heterocycles. The second-order valence-corrected chi connectivity index (χ2v) is 2.67. The Labute approximate surface area is 75.5 Å². The number of aliphatic carboxylic acids is 1. The molecule has 0 rings (SSSR count). The van der Waals surface area contributed by atoms with Crippen molar-refractivity contribution in [1.82, 2.24) is 5.32 Å². The molecule has 0 aliphatic heterocycles. The number of amides is 1. The zero-order valence-corrected chi connectivity index (χ0v) is 7.48. The minimum atomic E-state index is -1.31. The standard InChI is InChI=1S/C7H13NO5/c1-4(2)13-7(12)8-5(3-9)6(10)11/h4-5,9H,3H2,1-2H3,(H,8,12)(H,10,11)/t5-/m1/s1. The molecular formula is C7H13NO5. The van der Waals surface area contributed by atoms with Crippen LogP contribution in [0.4, 0.5) is 4.79 Å². The lowest BCUT2D eigenvalue weighted by molar-refractivity contribution is -0.140. The van der Waals surface area contributed by atoms with E-state index in [1.165, 1.54) is 0 Å². The summed E-state index contributed by atoms with van der Waals surface area (Å²) in [7, 11) is 0. The summed E-state index contributed by atoms with van der Waals surface area (Å²) in [6.45, 7) is 2.60. The van der Waals surface area contributed by atoms with E-state index >= 15 is 0 Å². The summed E-state index contributed by atoms with van der Waals surface area (Å²) in [6, 6.07) is -1.31. The molecule has 0 saturated carbocycles. The van der Waals surface area contributed by atoms with Crippen LogP contribution in [0.25, 0.3) is 0 Å². The van der Waals surface area contributed by atoms with Crippen LogP contribution in [0.2, 0.25) is 0 Å². The van der Waals surface area contributed by atoms with Gasteiger partial charge in [-0.1, -0.05) is 0 Å². The molecule has 0 aliphatic rings. The number of carbonyl (C=O) groups is 2. The Hall–Kier alpha value is -1.30. The summed E-state index contributed by atoms with van der Waals surface area (Å²) in [4.78, 5) is 21.1. The van der Waals surface area contributed by atoms with E-state index in [1.54, 1.807) is 13.8 Å². The van der Waals surface area contributed by atoms with Crippen LogP contribution in [0.5, 0.6) is 0 Å². The van der Waals surface area contributed by atoms with Crippen LogP contribution in [0.1, 0.15) is 13.8 Å². The van der Waals surface area contributed by atoms with Crippen LogP contribution in [-0.4, -0.2) is 41.0 Å². The molecule has 0 aromatic rings. The zero-order valence-electron chi connectivity index (χ0n) is 7.48. The van der Waals surface area contributed by atoms with Gasteiger partial charge in [0.2, 0.25) is 0 Å². The molecule has 0 aromatic carbocycles. The zero-order chi connectivity index (χ0) is 10.4. The maximum atomic E-state index is 10.8. The molecule has 0 spiro atoms. The molecule has 3 N–H and O–H groups in total. The Morgan fingerprint density at radius 1 is 1.46 bits per heavy atom. The van der Waals surface area contributed by atoms with Gasteiger partial charge in [0.25, 0.3) is 0 Å². The fourth-order valence-electron chi connectivity index (χ4n) is 0.576. The Bertz CT molecular complexity index is 191. The number of alkyl carbamates (subject to hydrolysis) is 1. The van der Waals surface area contributed by atoms with Crippen molar-refractivity contribution in [2.45, 2.75) is 26.0 Å². The van der Waals surface area contributed by atoms with Crippen LogP contribution in [0, 0.1) is 0 Å². The van der Waals surface area contributed by atoms with Crippen LogP contribution in [0.15, 0.2) is 0 Å². The second kappa shape index (κ2) is 5.36. The molecule has 76 valence electrons. The van der Waals surface area contributed by atoms with Crippen molar-refractivity contribution in [3.8, 4) is 0 Å². The fourth-order valence-corrected chi connectivity index (χ4v) is 0.576. The average Bonchev–Trinajstić information content (AvgIpc) is 1.98. The third kappa shape index (κ3) is 5.02. The minimum Gasteiger partial charge on any atom is -0.480 e. The number of carbonyl (C=O) groups excluding carboxylic acids is 1.